The van der Waals surface area contributed by atoms with Crippen LogP contribution in [0, 0.1) is 0 Å². The molecule has 5 nitrogen and oxygen atoms in total. The summed E-state index contributed by atoms with van der Waals surface area (Å²) in [6, 6.07) is 15.1. The van der Waals surface area contributed by atoms with Crippen molar-refractivity contribution in [3.63, 3.8) is 0 Å². The lowest BCUT2D eigenvalue weighted by Crippen LogP contribution is -2.06. The second-order valence-corrected chi connectivity index (χ2v) is 7.33. The number of hydrogen-bond acceptors (Lipinski definition) is 5. The van der Waals surface area contributed by atoms with Crippen LogP contribution in [0.25, 0.3) is 22.4 Å². The van der Waals surface area contributed by atoms with Gasteiger partial charge in [0, 0.05) is 16.8 Å². The minimum Gasteiger partial charge on any atom is -0.221 e. The molecule has 0 amide bonds. The average molecular weight is 346 g/mol. The van der Waals surface area contributed by atoms with Crippen LogP contribution in [-0.4, -0.2) is 29.9 Å². The van der Waals surface area contributed by atoms with E-state index in [1.165, 1.54) is 6.20 Å². The van der Waals surface area contributed by atoms with Gasteiger partial charge in [-0.3, -0.25) is 0 Å². The molecule has 0 aliphatic rings. The van der Waals surface area contributed by atoms with E-state index in [0.29, 0.717) is 10.7 Å². The summed E-state index contributed by atoms with van der Waals surface area (Å²) in [6.07, 6.45) is 2.49. The van der Waals surface area contributed by atoms with Crippen LogP contribution < -0.4 is 0 Å². The number of rotatable bonds is 3. The molecule has 0 saturated heterocycles. The van der Waals surface area contributed by atoms with Gasteiger partial charge in [-0.15, -0.1) is 5.10 Å². The van der Waals surface area contributed by atoms with E-state index >= 15 is 0 Å². The first-order valence-electron chi connectivity index (χ1n) is 6.70. The highest BCUT2D eigenvalue weighted by molar-refractivity contribution is 7.90. The largest absolute Gasteiger partial charge is 0.267 e. The SMILES string of the molecule is CS(=O)(=O)c1nncc(-c2ccc(-c3ccc(Cl)cc3)cc2)n1. The fourth-order valence-corrected chi connectivity index (χ4v) is 2.64. The first-order chi connectivity index (χ1) is 10.9. The van der Waals surface area contributed by atoms with Gasteiger partial charge in [0.05, 0.1) is 11.9 Å². The van der Waals surface area contributed by atoms with E-state index < -0.39 is 9.84 Å². The molecule has 0 aliphatic carbocycles. The third-order valence-corrected chi connectivity index (χ3v) is 4.32. The van der Waals surface area contributed by atoms with Gasteiger partial charge in [0.2, 0.25) is 9.84 Å². The molecule has 0 radical (unpaired) electrons. The third-order valence-electron chi connectivity index (χ3n) is 3.23. The van der Waals surface area contributed by atoms with Crippen LogP contribution >= 0.6 is 11.6 Å². The van der Waals surface area contributed by atoms with E-state index in [4.69, 9.17) is 11.6 Å². The summed E-state index contributed by atoms with van der Waals surface area (Å²) in [6.45, 7) is 0. The normalized spacial score (nSPS) is 11.4. The van der Waals surface area contributed by atoms with E-state index in [-0.39, 0.29) is 5.16 Å². The van der Waals surface area contributed by atoms with E-state index in [0.717, 1.165) is 22.9 Å². The number of halogens is 1. The molecule has 3 rings (SSSR count). The fraction of sp³-hybridized carbons (Fsp3) is 0.0625. The molecule has 0 atom stereocenters. The summed E-state index contributed by atoms with van der Waals surface area (Å²) in [5, 5.41) is 7.66. The van der Waals surface area contributed by atoms with Crippen LogP contribution in [-0.2, 0) is 9.84 Å². The summed E-state index contributed by atoms with van der Waals surface area (Å²) in [4.78, 5) is 4.05. The van der Waals surface area contributed by atoms with Crippen molar-refractivity contribution in [1.82, 2.24) is 15.2 Å². The second kappa shape index (κ2) is 6.06. The van der Waals surface area contributed by atoms with Crippen LogP contribution in [0.4, 0.5) is 0 Å². The number of hydrogen-bond donors (Lipinski definition) is 0. The van der Waals surface area contributed by atoms with Crippen molar-refractivity contribution < 1.29 is 8.42 Å². The molecule has 1 heterocycles. The number of sulfone groups is 1. The van der Waals surface area contributed by atoms with Crippen LogP contribution in [0.2, 0.25) is 5.02 Å². The Bertz CT molecular complexity index is 940. The zero-order chi connectivity index (χ0) is 16.4. The van der Waals surface area contributed by atoms with Crippen molar-refractivity contribution in [2.75, 3.05) is 6.26 Å². The summed E-state index contributed by atoms with van der Waals surface area (Å²) < 4.78 is 23.0. The Hall–Kier alpha value is -2.31. The van der Waals surface area contributed by atoms with Crippen molar-refractivity contribution >= 4 is 21.4 Å². The first kappa shape index (κ1) is 15.6. The number of benzene rings is 2. The predicted octanol–water partition coefficient (Wildman–Crippen LogP) is 3.26. The molecular formula is C16H12ClN3O2S. The molecule has 0 fully saturated rings. The molecule has 116 valence electrons. The molecule has 2 aromatic carbocycles. The molecule has 0 spiro atoms. The Morgan fingerprint density at radius 3 is 1.96 bits per heavy atom. The molecule has 0 bridgehead atoms. The lowest BCUT2D eigenvalue weighted by Gasteiger charge is -2.05. The standard InChI is InChI=1S/C16H12ClN3O2S/c1-23(21,22)16-19-15(10-18-20-16)13-4-2-11(3-5-13)12-6-8-14(17)9-7-12/h2-10H,1H3. The average Bonchev–Trinajstić information content (AvgIpc) is 2.55. The van der Waals surface area contributed by atoms with Crippen LogP contribution in [0.1, 0.15) is 0 Å². The second-order valence-electron chi connectivity index (χ2n) is 4.98. The lowest BCUT2D eigenvalue weighted by atomic mass is 10.0. The highest BCUT2D eigenvalue weighted by Gasteiger charge is 2.13. The van der Waals surface area contributed by atoms with Gasteiger partial charge in [0.25, 0.3) is 5.16 Å². The summed E-state index contributed by atoms with van der Waals surface area (Å²) in [5.74, 6) is 0. The van der Waals surface area contributed by atoms with E-state index in [2.05, 4.69) is 15.2 Å². The highest BCUT2D eigenvalue weighted by atomic mass is 35.5. The van der Waals surface area contributed by atoms with Gasteiger partial charge < -0.3 is 0 Å². The Kier molecular flexibility index (Phi) is 4.11. The maximum atomic E-state index is 11.5. The van der Waals surface area contributed by atoms with Crippen molar-refractivity contribution in [3.05, 3.63) is 59.8 Å². The predicted molar refractivity (Wildman–Crippen MR) is 88.8 cm³/mol. The van der Waals surface area contributed by atoms with Crippen molar-refractivity contribution in [2.45, 2.75) is 5.16 Å². The Labute approximate surface area is 138 Å². The van der Waals surface area contributed by atoms with Crippen LogP contribution in [0.5, 0.6) is 0 Å². The monoisotopic (exact) mass is 345 g/mol. The summed E-state index contributed by atoms with van der Waals surface area (Å²) in [7, 11) is -3.49. The van der Waals surface area contributed by atoms with Gasteiger partial charge >= 0.3 is 0 Å². The molecule has 3 aromatic rings. The fourth-order valence-electron chi connectivity index (χ4n) is 2.06. The smallest absolute Gasteiger partial charge is 0.221 e. The van der Waals surface area contributed by atoms with E-state index in [9.17, 15) is 8.42 Å². The first-order valence-corrected chi connectivity index (χ1v) is 8.96. The third kappa shape index (κ3) is 3.55. The van der Waals surface area contributed by atoms with E-state index in [1.807, 2.05) is 48.5 Å². The van der Waals surface area contributed by atoms with Crippen molar-refractivity contribution in [1.29, 1.82) is 0 Å². The topological polar surface area (TPSA) is 72.8 Å². The Morgan fingerprint density at radius 2 is 1.39 bits per heavy atom. The van der Waals surface area contributed by atoms with Crippen LogP contribution in [0.15, 0.2) is 59.9 Å². The van der Waals surface area contributed by atoms with Gasteiger partial charge in [-0.2, -0.15) is 5.10 Å². The molecule has 23 heavy (non-hydrogen) atoms. The number of nitrogens with zero attached hydrogens (tertiary/aromatic N) is 3. The Balaban J connectivity index is 1.95. The molecule has 0 unspecified atom stereocenters. The molecule has 0 N–H and O–H groups in total. The molecule has 7 heteroatoms. The summed E-state index contributed by atoms with van der Waals surface area (Å²) >= 11 is 5.89. The maximum absolute atomic E-state index is 11.5. The zero-order valence-corrected chi connectivity index (χ0v) is 13.7. The van der Waals surface area contributed by atoms with Gasteiger partial charge in [-0.1, -0.05) is 48.0 Å². The molecule has 1 aromatic heterocycles. The minimum atomic E-state index is -3.49. The zero-order valence-electron chi connectivity index (χ0n) is 12.1. The molecular weight excluding hydrogens is 334 g/mol. The Morgan fingerprint density at radius 1 is 0.870 bits per heavy atom. The van der Waals surface area contributed by atoms with Crippen LogP contribution in [0.3, 0.4) is 0 Å². The summed E-state index contributed by atoms with van der Waals surface area (Å²) in [5.41, 5.74) is 3.29. The lowest BCUT2D eigenvalue weighted by molar-refractivity contribution is 0.589. The maximum Gasteiger partial charge on any atom is 0.267 e. The highest BCUT2D eigenvalue weighted by Crippen LogP contribution is 2.25. The van der Waals surface area contributed by atoms with Crippen molar-refractivity contribution in [2.24, 2.45) is 0 Å². The van der Waals surface area contributed by atoms with E-state index in [1.54, 1.807) is 0 Å². The van der Waals surface area contributed by atoms with Gasteiger partial charge in [-0.05, 0) is 23.3 Å². The van der Waals surface area contributed by atoms with Gasteiger partial charge in [-0.25, -0.2) is 13.4 Å². The van der Waals surface area contributed by atoms with Gasteiger partial charge in [0.15, 0.2) is 0 Å². The quantitative estimate of drug-likeness (QED) is 0.728. The molecule has 0 aliphatic heterocycles. The number of aromatic nitrogens is 3. The minimum absolute atomic E-state index is 0.281. The van der Waals surface area contributed by atoms with Crippen molar-refractivity contribution in [3.8, 4) is 22.4 Å². The molecule has 0 saturated carbocycles. The van der Waals surface area contributed by atoms with Gasteiger partial charge in [0.1, 0.15) is 0 Å².